The zero-order valence-electron chi connectivity index (χ0n) is 47.4. The van der Waals surface area contributed by atoms with E-state index in [4.69, 9.17) is 17.5 Å². The van der Waals surface area contributed by atoms with Gasteiger partial charge in [0.25, 0.3) is 0 Å². The van der Waals surface area contributed by atoms with E-state index in [2.05, 4.69) is 27.8 Å². The predicted molar refractivity (Wildman–Crippen MR) is 301 cm³/mol. The Labute approximate surface area is 437 Å². The van der Waals surface area contributed by atoms with E-state index < -0.39 is 10.4 Å². The van der Waals surface area contributed by atoms with Gasteiger partial charge in [0, 0.05) is 19.3 Å². The molecular weight excluding hydrogens is 891 g/mol. The number of Topliss-reactive ketones (excluding diaryl/α,β-unsaturated/α-hetero) is 3. The molecule has 9 heteroatoms. The second-order valence-corrected chi connectivity index (χ2v) is 23.0. The molecule has 0 aromatic heterocycles. The smallest absolute Gasteiger partial charge is 0.215 e. The lowest BCUT2D eigenvalue weighted by atomic mass is 10.0. The molecule has 0 saturated carbocycles. The van der Waals surface area contributed by atoms with Gasteiger partial charge < -0.3 is 9.04 Å². The Morgan fingerprint density at radius 2 is 0.429 bits per heavy atom. The highest BCUT2D eigenvalue weighted by molar-refractivity contribution is 7.79. The quantitative estimate of drug-likeness (QED) is 0.0278. The summed E-state index contributed by atoms with van der Waals surface area (Å²) in [5.41, 5.74) is 0. The zero-order valence-corrected chi connectivity index (χ0v) is 48.3. The van der Waals surface area contributed by atoms with Crippen LogP contribution in [-0.2, 0) is 24.8 Å². The summed E-state index contributed by atoms with van der Waals surface area (Å²) >= 11 is 0. The van der Waals surface area contributed by atoms with Crippen LogP contribution in [0.4, 0.5) is 0 Å². The maximum atomic E-state index is 13.1. The Morgan fingerprint density at radius 3 is 0.571 bits per heavy atom. The molecule has 70 heavy (non-hydrogen) atoms. The normalized spacial score (nSPS) is 11.8. The summed E-state index contributed by atoms with van der Waals surface area (Å²) in [4.78, 5) is 39.3. The minimum absolute atomic E-state index is 0.373. The van der Waals surface area contributed by atoms with E-state index >= 15 is 0 Å². The van der Waals surface area contributed by atoms with Crippen LogP contribution in [0.15, 0.2) is 0 Å². The molecule has 0 aliphatic rings. The number of rotatable bonds is 57. The van der Waals surface area contributed by atoms with Gasteiger partial charge in [-0.1, -0.05) is 290 Å². The topological polar surface area (TPSA) is 129 Å². The van der Waals surface area contributed by atoms with Gasteiger partial charge in [-0.3, -0.25) is 18.9 Å². The van der Waals surface area contributed by atoms with Crippen LogP contribution < -0.4 is 0 Å². The van der Waals surface area contributed by atoms with E-state index in [1.807, 2.05) is 0 Å². The molecule has 0 saturated heterocycles. The van der Waals surface area contributed by atoms with Crippen LogP contribution in [0.1, 0.15) is 348 Å². The fourth-order valence-corrected chi connectivity index (χ4v) is 9.97. The van der Waals surface area contributed by atoms with Crippen LogP contribution in [0.25, 0.3) is 0 Å². The van der Waals surface area contributed by atoms with Crippen molar-refractivity contribution in [2.24, 2.45) is 0 Å². The molecule has 0 spiro atoms. The van der Waals surface area contributed by atoms with Gasteiger partial charge in [-0.25, -0.2) is 8.42 Å². The monoisotopic (exact) mass is 1010 g/mol. The maximum Gasteiger partial charge on any atom is 0.215 e. The maximum absolute atomic E-state index is 13.1. The minimum Gasteiger partial charge on any atom is -0.726 e. The summed E-state index contributed by atoms with van der Waals surface area (Å²) in [5.74, 6) is 1.12. The summed E-state index contributed by atoms with van der Waals surface area (Å²) in [6.07, 6.45) is 64.1. The van der Waals surface area contributed by atoms with Crippen molar-refractivity contribution in [1.82, 2.24) is 0 Å². The van der Waals surface area contributed by atoms with Crippen molar-refractivity contribution in [3.8, 4) is 0 Å². The number of carbonyl (C=O) groups is 3. The first-order valence-electron chi connectivity index (χ1n) is 30.9. The lowest BCUT2D eigenvalue weighted by Crippen LogP contribution is -2.48. The molecule has 0 aromatic carbocycles. The molecule has 0 fully saturated rings. The molecule has 8 nitrogen and oxygen atoms in total. The van der Waals surface area contributed by atoms with Crippen molar-refractivity contribution in [3.63, 3.8) is 0 Å². The van der Waals surface area contributed by atoms with Crippen molar-refractivity contribution in [3.05, 3.63) is 0 Å². The number of quaternary nitrogens is 1. The molecule has 0 aromatic rings. The van der Waals surface area contributed by atoms with Crippen molar-refractivity contribution >= 4 is 27.7 Å². The lowest BCUT2D eigenvalue weighted by molar-refractivity contribution is -0.907. The number of ketones is 3. The molecule has 0 amide bonds. The second kappa shape index (κ2) is 55.6. The van der Waals surface area contributed by atoms with Gasteiger partial charge in [0.15, 0.2) is 0 Å². The number of hydrogen-bond donors (Lipinski definition) is 1. The Balaban J connectivity index is 0. The predicted octanol–water partition coefficient (Wildman–Crippen LogP) is 19.1. The van der Waals surface area contributed by atoms with Crippen LogP contribution in [0, 0.1) is 0 Å². The summed E-state index contributed by atoms with van der Waals surface area (Å²) in [6, 6.07) is 0. The molecule has 0 bridgehead atoms. The van der Waals surface area contributed by atoms with Gasteiger partial charge in [-0.2, -0.15) is 0 Å². The first kappa shape index (κ1) is 70.9. The largest absolute Gasteiger partial charge is 0.726 e. The van der Waals surface area contributed by atoms with E-state index in [1.54, 1.807) is 0 Å². The fourth-order valence-electron chi connectivity index (χ4n) is 9.97. The average Bonchev–Trinajstić information content (AvgIpc) is 3.32. The molecule has 0 rings (SSSR count). The molecule has 0 aliphatic carbocycles. The SMILES string of the molecule is CCCCCCCCCCCCCCCCCC(=O)CC[N+](C)(CCC(=O)CCCCCCCCCCCCCCCCC)CCC(=O)CCCCCCCCCCCCCCCCC.O=S(=O)([O-])O. The van der Waals surface area contributed by atoms with Crippen LogP contribution >= 0.6 is 0 Å². The first-order chi connectivity index (χ1) is 33.9. The summed E-state index contributed by atoms with van der Waals surface area (Å²) in [7, 11) is -2.71. The Morgan fingerprint density at radius 1 is 0.300 bits per heavy atom. The standard InChI is InChI=1S/C61H120NO3.H2O4S/c1-5-8-11-14-17-20-23-26-29-32-35-38-41-44-47-50-59(63)53-56-62(4,57-54-60(64)51-48-45-42-39-36-33-30-27-24-21-18-15-12-9-6-2)58-55-61(65)52-49-46-43-40-37-34-31-28-25-22-19-16-13-10-7-3;1-5(2,3)4/h5-58H2,1-4H3;(H2,1,2,3,4)/q+1;/p-1. The minimum atomic E-state index is -4.92. The van der Waals surface area contributed by atoms with Crippen LogP contribution in [0.2, 0.25) is 0 Å². The van der Waals surface area contributed by atoms with Crippen LogP contribution in [0.5, 0.6) is 0 Å². The van der Waals surface area contributed by atoms with Gasteiger partial charge in [0.05, 0.1) is 45.9 Å². The van der Waals surface area contributed by atoms with Gasteiger partial charge in [-0.05, 0) is 19.3 Å². The lowest BCUT2D eigenvalue weighted by Gasteiger charge is -2.34. The summed E-state index contributed by atoms with van der Waals surface area (Å²) in [6.45, 7) is 9.15. The second-order valence-electron chi connectivity index (χ2n) is 22.2. The Kier molecular flexibility index (Phi) is 56.3. The molecule has 418 valence electrons. The van der Waals surface area contributed by atoms with Gasteiger partial charge >= 0.3 is 0 Å². The van der Waals surface area contributed by atoms with E-state index in [-0.39, 0.29) is 0 Å². The number of carbonyl (C=O) groups excluding carboxylic acids is 3. The number of unbranched alkanes of at least 4 members (excludes halogenated alkanes) is 42. The van der Waals surface area contributed by atoms with Gasteiger partial charge in [0.1, 0.15) is 17.3 Å². The molecule has 0 atom stereocenters. The third kappa shape index (κ3) is 63.0. The zero-order chi connectivity index (χ0) is 51.9. The third-order valence-corrected chi connectivity index (χ3v) is 15.0. The van der Waals surface area contributed by atoms with Crippen molar-refractivity contribution in [2.45, 2.75) is 348 Å². The molecule has 0 aliphatic heterocycles. The Hall–Kier alpha value is -1.16. The summed E-state index contributed by atoms with van der Waals surface area (Å²) < 4.78 is 33.5. The number of nitrogens with zero attached hydrogens (tertiary/aromatic N) is 1. The number of hydrogen-bond acceptors (Lipinski definition) is 6. The van der Waals surface area contributed by atoms with Gasteiger partial charge in [0.2, 0.25) is 10.4 Å². The van der Waals surface area contributed by atoms with Gasteiger partial charge in [-0.15, -0.1) is 0 Å². The Bertz CT molecular complexity index is 1090. The van der Waals surface area contributed by atoms with Crippen molar-refractivity contribution in [2.75, 3.05) is 26.7 Å². The molecule has 0 heterocycles. The highest BCUT2D eigenvalue weighted by atomic mass is 32.3. The molecular formula is C61H121NO7S. The highest BCUT2D eigenvalue weighted by Crippen LogP contribution is 2.19. The van der Waals surface area contributed by atoms with Crippen LogP contribution in [-0.4, -0.2) is 66.0 Å². The van der Waals surface area contributed by atoms with E-state index in [0.29, 0.717) is 60.4 Å². The summed E-state index contributed by atoms with van der Waals surface area (Å²) in [5, 5.41) is 0. The van der Waals surface area contributed by atoms with E-state index in [9.17, 15) is 14.4 Å². The van der Waals surface area contributed by atoms with Crippen molar-refractivity contribution < 1.29 is 36.4 Å². The fraction of sp³-hybridized carbons (Fsp3) is 0.951. The van der Waals surface area contributed by atoms with Crippen LogP contribution in [0.3, 0.4) is 0 Å². The third-order valence-electron chi connectivity index (χ3n) is 15.0. The highest BCUT2D eigenvalue weighted by Gasteiger charge is 2.25. The average molecular weight is 1010 g/mol. The molecule has 1 N–H and O–H groups in total. The van der Waals surface area contributed by atoms with E-state index in [0.717, 1.165) is 58.2 Å². The van der Waals surface area contributed by atoms with Crippen molar-refractivity contribution in [1.29, 1.82) is 0 Å². The first-order valence-corrected chi connectivity index (χ1v) is 32.3. The molecule has 0 unspecified atom stereocenters. The molecule has 0 radical (unpaired) electrons. The van der Waals surface area contributed by atoms with E-state index in [1.165, 1.54) is 250 Å².